The Labute approximate surface area is 118 Å². The highest BCUT2D eigenvalue weighted by molar-refractivity contribution is 7.98. The standard InChI is InChI=1S/C11H12N4O4S/c1-18-9-3-2-8(15(16)17)4-7(9)6-20-11-14-13-10(5-12)19-11/h2-4H,5-6,12H2,1H3. The number of nitrogens with zero attached hydrogens (tertiary/aromatic N) is 3. The first kappa shape index (κ1) is 14.3. The molecular formula is C11H12N4O4S. The zero-order valence-corrected chi connectivity index (χ0v) is 11.4. The zero-order chi connectivity index (χ0) is 14.5. The van der Waals surface area contributed by atoms with Crippen LogP contribution >= 0.6 is 11.8 Å². The monoisotopic (exact) mass is 296 g/mol. The van der Waals surface area contributed by atoms with Gasteiger partial charge in [0, 0.05) is 23.4 Å². The molecule has 0 spiro atoms. The maximum Gasteiger partial charge on any atom is 0.276 e. The Balaban J connectivity index is 2.14. The van der Waals surface area contributed by atoms with Gasteiger partial charge in [0.2, 0.25) is 5.89 Å². The molecule has 0 aliphatic carbocycles. The summed E-state index contributed by atoms with van der Waals surface area (Å²) in [7, 11) is 1.51. The molecule has 2 N–H and O–H groups in total. The first-order valence-corrected chi connectivity index (χ1v) is 6.59. The number of benzene rings is 1. The molecule has 1 aromatic carbocycles. The van der Waals surface area contributed by atoms with Crippen molar-refractivity contribution in [1.82, 2.24) is 10.2 Å². The van der Waals surface area contributed by atoms with Crippen LogP contribution in [0.3, 0.4) is 0 Å². The Morgan fingerprint density at radius 2 is 2.30 bits per heavy atom. The summed E-state index contributed by atoms with van der Waals surface area (Å²) in [5, 5.41) is 18.7. The molecule has 0 aliphatic heterocycles. The number of thioether (sulfide) groups is 1. The van der Waals surface area contributed by atoms with Crippen molar-refractivity contribution in [3.63, 3.8) is 0 Å². The summed E-state index contributed by atoms with van der Waals surface area (Å²) >= 11 is 1.26. The average molecular weight is 296 g/mol. The summed E-state index contributed by atoms with van der Waals surface area (Å²) in [6, 6.07) is 4.42. The van der Waals surface area contributed by atoms with Gasteiger partial charge in [0.05, 0.1) is 18.6 Å². The van der Waals surface area contributed by atoms with Crippen LogP contribution in [0.15, 0.2) is 27.8 Å². The minimum absolute atomic E-state index is 0.00887. The fourth-order valence-corrected chi connectivity index (χ4v) is 2.27. The second-order valence-corrected chi connectivity index (χ2v) is 4.63. The quantitative estimate of drug-likeness (QED) is 0.486. The van der Waals surface area contributed by atoms with Crippen molar-refractivity contribution in [2.75, 3.05) is 7.11 Å². The van der Waals surface area contributed by atoms with Gasteiger partial charge in [-0.2, -0.15) is 0 Å². The molecule has 0 amide bonds. The van der Waals surface area contributed by atoms with Crippen LogP contribution in [0.5, 0.6) is 5.75 Å². The summed E-state index contributed by atoms with van der Waals surface area (Å²) < 4.78 is 10.4. The van der Waals surface area contributed by atoms with Crippen LogP contribution in [-0.2, 0) is 12.3 Å². The van der Waals surface area contributed by atoms with E-state index in [4.69, 9.17) is 14.9 Å². The first-order chi connectivity index (χ1) is 9.63. The number of ether oxygens (including phenoxy) is 1. The highest BCUT2D eigenvalue weighted by atomic mass is 32.2. The Kier molecular flexibility index (Phi) is 4.53. The lowest BCUT2D eigenvalue weighted by molar-refractivity contribution is -0.384. The molecule has 0 atom stereocenters. The molecule has 0 bridgehead atoms. The van der Waals surface area contributed by atoms with Gasteiger partial charge in [-0.15, -0.1) is 10.2 Å². The topological polar surface area (TPSA) is 117 Å². The van der Waals surface area contributed by atoms with Crippen LogP contribution in [0.2, 0.25) is 0 Å². The summed E-state index contributed by atoms with van der Waals surface area (Å²) in [6.45, 7) is 0.174. The van der Waals surface area contributed by atoms with Crippen LogP contribution in [0.25, 0.3) is 0 Å². The van der Waals surface area contributed by atoms with Crippen molar-refractivity contribution in [2.45, 2.75) is 17.5 Å². The summed E-state index contributed by atoms with van der Waals surface area (Å²) in [6.07, 6.45) is 0. The fourth-order valence-electron chi connectivity index (χ4n) is 1.51. The van der Waals surface area contributed by atoms with Gasteiger partial charge < -0.3 is 14.9 Å². The van der Waals surface area contributed by atoms with Crippen molar-refractivity contribution in [3.05, 3.63) is 39.8 Å². The third-order valence-corrected chi connectivity index (χ3v) is 3.32. The van der Waals surface area contributed by atoms with Gasteiger partial charge in [0.25, 0.3) is 10.9 Å². The number of aromatic nitrogens is 2. The number of non-ortho nitro benzene ring substituents is 1. The van der Waals surface area contributed by atoms with Crippen LogP contribution in [0, 0.1) is 10.1 Å². The Morgan fingerprint density at radius 1 is 1.50 bits per heavy atom. The van der Waals surface area contributed by atoms with E-state index in [2.05, 4.69) is 10.2 Å². The number of nitrogens with two attached hydrogens (primary N) is 1. The van der Waals surface area contributed by atoms with Gasteiger partial charge in [-0.25, -0.2) is 0 Å². The maximum atomic E-state index is 10.8. The Bertz CT molecular complexity index is 616. The molecule has 0 fully saturated rings. The predicted octanol–water partition coefficient (Wildman–Crippen LogP) is 1.74. The SMILES string of the molecule is COc1ccc([N+](=O)[O-])cc1CSc1nnc(CN)o1. The highest BCUT2D eigenvalue weighted by Gasteiger charge is 2.13. The van der Waals surface area contributed by atoms with Crippen molar-refractivity contribution < 1.29 is 14.1 Å². The number of hydrogen-bond donors (Lipinski definition) is 1. The van der Waals surface area contributed by atoms with Gasteiger partial charge in [0.15, 0.2) is 0 Å². The number of nitro groups is 1. The van der Waals surface area contributed by atoms with Crippen molar-refractivity contribution in [1.29, 1.82) is 0 Å². The van der Waals surface area contributed by atoms with Crippen LogP contribution in [-0.4, -0.2) is 22.2 Å². The molecule has 0 saturated carbocycles. The molecule has 8 nitrogen and oxygen atoms in total. The largest absolute Gasteiger partial charge is 0.496 e. The summed E-state index contributed by atoms with van der Waals surface area (Å²) in [5.74, 6) is 1.33. The summed E-state index contributed by atoms with van der Waals surface area (Å²) in [4.78, 5) is 10.3. The van der Waals surface area contributed by atoms with Crippen LogP contribution in [0.4, 0.5) is 5.69 Å². The molecule has 1 heterocycles. The van der Waals surface area contributed by atoms with Gasteiger partial charge in [-0.3, -0.25) is 10.1 Å². The molecule has 2 aromatic rings. The lowest BCUT2D eigenvalue weighted by atomic mass is 10.2. The zero-order valence-electron chi connectivity index (χ0n) is 10.6. The molecule has 0 aliphatic rings. The molecule has 9 heteroatoms. The van der Waals surface area contributed by atoms with E-state index in [1.165, 1.54) is 31.0 Å². The molecule has 2 rings (SSSR count). The minimum atomic E-state index is -0.452. The van der Waals surface area contributed by atoms with E-state index >= 15 is 0 Å². The predicted molar refractivity (Wildman–Crippen MR) is 71.4 cm³/mol. The van der Waals surface area contributed by atoms with Gasteiger partial charge in [-0.05, 0) is 6.07 Å². The normalized spacial score (nSPS) is 10.5. The second-order valence-electron chi connectivity index (χ2n) is 3.71. The molecule has 0 saturated heterocycles. The van der Waals surface area contributed by atoms with E-state index in [0.29, 0.717) is 28.2 Å². The Hall–Kier alpha value is -2.13. The number of nitro benzene ring substituents is 1. The minimum Gasteiger partial charge on any atom is -0.496 e. The van der Waals surface area contributed by atoms with E-state index < -0.39 is 4.92 Å². The van der Waals surface area contributed by atoms with Crippen molar-refractivity contribution in [2.24, 2.45) is 5.73 Å². The van der Waals surface area contributed by atoms with Crippen LogP contribution in [0.1, 0.15) is 11.5 Å². The molecule has 106 valence electrons. The molecule has 0 unspecified atom stereocenters. The van der Waals surface area contributed by atoms with Crippen molar-refractivity contribution >= 4 is 17.4 Å². The van der Waals surface area contributed by atoms with E-state index in [9.17, 15) is 10.1 Å². The molecule has 1 aromatic heterocycles. The first-order valence-electron chi connectivity index (χ1n) is 5.60. The van der Waals surface area contributed by atoms with Gasteiger partial charge >= 0.3 is 0 Å². The number of rotatable bonds is 6. The van der Waals surface area contributed by atoms with E-state index in [1.807, 2.05) is 0 Å². The highest BCUT2D eigenvalue weighted by Crippen LogP contribution is 2.30. The summed E-state index contributed by atoms with van der Waals surface area (Å²) in [5.41, 5.74) is 6.06. The van der Waals surface area contributed by atoms with E-state index in [-0.39, 0.29) is 12.2 Å². The second kappa shape index (κ2) is 6.35. The van der Waals surface area contributed by atoms with Crippen LogP contribution < -0.4 is 10.5 Å². The molecule has 0 radical (unpaired) electrons. The average Bonchev–Trinajstić information content (AvgIpc) is 2.92. The number of methoxy groups -OCH3 is 1. The van der Waals surface area contributed by atoms with Gasteiger partial charge in [-0.1, -0.05) is 11.8 Å². The smallest absolute Gasteiger partial charge is 0.276 e. The lowest BCUT2D eigenvalue weighted by Crippen LogP contribution is -1.95. The fraction of sp³-hybridized carbons (Fsp3) is 0.273. The van der Waals surface area contributed by atoms with Crippen molar-refractivity contribution in [3.8, 4) is 5.75 Å². The maximum absolute atomic E-state index is 10.8. The van der Waals surface area contributed by atoms with E-state index in [1.54, 1.807) is 6.07 Å². The van der Waals surface area contributed by atoms with Gasteiger partial charge in [0.1, 0.15) is 5.75 Å². The third kappa shape index (κ3) is 3.25. The number of hydrogen-bond acceptors (Lipinski definition) is 8. The molecule has 20 heavy (non-hydrogen) atoms. The van der Waals surface area contributed by atoms with E-state index in [0.717, 1.165) is 0 Å². The third-order valence-electron chi connectivity index (χ3n) is 2.45. The molecular weight excluding hydrogens is 284 g/mol. The Morgan fingerprint density at radius 3 is 2.90 bits per heavy atom. The lowest BCUT2D eigenvalue weighted by Gasteiger charge is -2.06.